The van der Waals surface area contributed by atoms with E-state index in [0.29, 0.717) is 12.3 Å². The summed E-state index contributed by atoms with van der Waals surface area (Å²) in [4.78, 5) is 7.46. The molecule has 0 aliphatic heterocycles. The molecule has 0 aliphatic carbocycles. The monoisotopic (exact) mass is 283 g/mol. The summed E-state index contributed by atoms with van der Waals surface area (Å²) < 4.78 is 10.5. The second-order valence-electron chi connectivity index (χ2n) is 4.64. The van der Waals surface area contributed by atoms with Crippen LogP contribution in [-0.2, 0) is 6.54 Å². The lowest BCUT2D eigenvalue weighted by Gasteiger charge is -2.11. The number of hydrogen-bond acceptors (Lipinski definition) is 4. The van der Waals surface area contributed by atoms with Crippen LogP contribution in [0.25, 0.3) is 11.0 Å². The van der Waals surface area contributed by atoms with E-state index in [1.807, 2.05) is 30.5 Å². The van der Waals surface area contributed by atoms with Crippen molar-refractivity contribution in [3.63, 3.8) is 0 Å². The van der Waals surface area contributed by atoms with Gasteiger partial charge in [0, 0.05) is 36.1 Å². The molecule has 21 heavy (non-hydrogen) atoms. The molecule has 108 valence electrons. The third-order valence-electron chi connectivity index (χ3n) is 3.40. The van der Waals surface area contributed by atoms with Crippen LogP contribution in [0.5, 0.6) is 11.5 Å². The van der Waals surface area contributed by atoms with E-state index in [4.69, 9.17) is 9.47 Å². The first-order valence-electron chi connectivity index (χ1n) is 6.68. The summed E-state index contributed by atoms with van der Waals surface area (Å²) in [5.41, 5.74) is 3.06. The van der Waals surface area contributed by atoms with Gasteiger partial charge in [-0.3, -0.25) is 0 Å². The van der Waals surface area contributed by atoms with Crippen molar-refractivity contribution in [2.24, 2.45) is 0 Å². The molecule has 3 rings (SSSR count). The summed E-state index contributed by atoms with van der Waals surface area (Å²) >= 11 is 0. The SMILES string of the molecule is COc1ccc(NCc2c[nH]c3ncccc23)cc1OC. The van der Waals surface area contributed by atoms with Crippen molar-refractivity contribution in [1.82, 2.24) is 9.97 Å². The zero-order valence-corrected chi connectivity index (χ0v) is 12.0. The van der Waals surface area contributed by atoms with E-state index in [2.05, 4.69) is 21.4 Å². The lowest BCUT2D eigenvalue weighted by molar-refractivity contribution is 0.355. The Hall–Kier alpha value is -2.69. The number of anilines is 1. The molecule has 3 aromatic rings. The molecule has 0 atom stereocenters. The Labute approximate surface area is 122 Å². The predicted molar refractivity (Wildman–Crippen MR) is 83.0 cm³/mol. The van der Waals surface area contributed by atoms with Crippen molar-refractivity contribution < 1.29 is 9.47 Å². The molecule has 2 N–H and O–H groups in total. The molecule has 2 heterocycles. The number of nitrogens with zero attached hydrogens (tertiary/aromatic N) is 1. The fourth-order valence-corrected chi connectivity index (χ4v) is 2.30. The van der Waals surface area contributed by atoms with Crippen molar-refractivity contribution >= 4 is 16.7 Å². The van der Waals surface area contributed by atoms with Gasteiger partial charge in [-0.05, 0) is 29.8 Å². The molecule has 2 aromatic heterocycles. The molecular weight excluding hydrogens is 266 g/mol. The molecule has 1 aromatic carbocycles. The number of benzene rings is 1. The van der Waals surface area contributed by atoms with Gasteiger partial charge >= 0.3 is 0 Å². The average molecular weight is 283 g/mol. The highest BCUT2D eigenvalue weighted by Crippen LogP contribution is 2.30. The summed E-state index contributed by atoms with van der Waals surface area (Å²) in [6.07, 6.45) is 3.76. The lowest BCUT2D eigenvalue weighted by Crippen LogP contribution is -1.99. The van der Waals surface area contributed by atoms with Crippen LogP contribution in [0.2, 0.25) is 0 Å². The molecule has 0 radical (unpaired) electrons. The third kappa shape index (κ3) is 2.63. The number of aromatic amines is 1. The minimum atomic E-state index is 0.710. The number of ether oxygens (including phenoxy) is 2. The van der Waals surface area contributed by atoms with Crippen LogP contribution in [0.15, 0.2) is 42.7 Å². The van der Waals surface area contributed by atoms with Crippen molar-refractivity contribution in [3.8, 4) is 11.5 Å². The smallest absolute Gasteiger partial charge is 0.162 e. The lowest BCUT2D eigenvalue weighted by atomic mass is 10.2. The first kappa shape index (κ1) is 13.3. The molecule has 0 saturated carbocycles. The van der Waals surface area contributed by atoms with Crippen molar-refractivity contribution in [3.05, 3.63) is 48.3 Å². The first-order chi connectivity index (χ1) is 10.3. The Kier molecular flexibility index (Phi) is 3.64. The standard InChI is InChI=1S/C16H17N3O2/c1-20-14-6-5-12(8-15(14)21-2)18-9-11-10-19-16-13(11)4-3-7-17-16/h3-8,10,18H,9H2,1-2H3,(H,17,19). The van der Waals surface area contributed by atoms with Crippen LogP contribution < -0.4 is 14.8 Å². The molecule has 0 unspecified atom stereocenters. The van der Waals surface area contributed by atoms with Gasteiger partial charge in [0.2, 0.25) is 0 Å². The Morgan fingerprint density at radius 3 is 2.81 bits per heavy atom. The molecule has 0 fully saturated rings. The fourth-order valence-electron chi connectivity index (χ4n) is 2.30. The van der Waals surface area contributed by atoms with Gasteiger partial charge in [0.05, 0.1) is 14.2 Å². The van der Waals surface area contributed by atoms with Gasteiger partial charge in [0.25, 0.3) is 0 Å². The molecule has 5 nitrogen and oxygen atoms in total. The largest absolute Gasteiger partial charge is 0.493 e. The highest BCUT2D eigenvalue weighted by atomic mass is 16.5. The highest BCUT2D eigenvalue weighted by Gasteiger charge is 2.06. The maximum Gasteiger partial charge on any atom is 0.162 e. The van der Waals surface area contributed by atoms with Crippen LogP contribution in [0.4, 0.5) is 5.69 Å². The summed E-state index contributed by atoms with van der Waals surface area (Å²) in [7, 11) is 3.26. The fraction of sp³-hybridized carbons (Fsp3) is 0.188. The van der Waals surface area contributed by atoms with E-state index in [1.165, 1.54) is 5.56 Å². The van der Waals surface area contributed by atoms with Crippen molar-refractivity contribution in [2.75, 3.05) is 19.5 Å². The van der Waals surface area contributed by atoms with Gasteiger partial charge in [0.15, 0.2) is 11.5 Å². The number of nitrogens with one attached hydrogen (secondary N) is 2. The number of fused-ring (bicyclic) bond motifs is 1. The van der Waals surface area contributed by atoms with Gasteiger partial charge in [-0.1, -0.05) is 0 Å². The van der Waals surface area contributed by atoms with Gasteiger partial charge < -0.3 is 19.8 Å². The first-order valence-corrected chi connectivity index (χ1v) is 6.68. The predicted octanol–water partition coefficient (Wildman–Crippen LogP) is 3.19. The molecule has 5 heteroatoms. The van der Waals surface area contributed by atoms with E-state index in [-0.39, 0.29) is 0 Å². The zero-order valence-electron chi connectivity index (χ0n) is 12.0. The van der Waals surface area contributed by atoms with Crippen LogP contribution in [0.3, 0.4) is 0 Å². The van der Waals surface area contributed by atoms with Crippen molar-refractivity contribution in [2.45, 2.75) is 6.54 Å². The average Bonchev–Trinajstić information content (AvgIpc) is 2.96. The van der Waals surface area contributed by atoms with E-state index in [1.54, 1.807) is 20.4 Å². The summed E-state index contributed by atoms with van der Waals surface area (Å²) in [5, 5.41) is 4.51. The van der Waals surface area contributed by atoms with Crippen LogP contribution in [-0.4, -0.2) is 24.2 Å². The van der Waals surface area contributed by atoms with Gasteiger partial charge in [-0.15, -0.1) is 0 Å². The number of aromatic nitrogens is 2. The number of hydrogen-bond donors (Lipinski definition) is 2. The van der Waals surface area contributed by atoms with Crippen molar-refractivity contribution in [1.29, 1.82) is 0 Å². The number of rotatable bonds is 5. The van der Waals surface area contributed by atoms with Crippen LogP contribution >= 0.6 is 0 Å². The second kappa shape index (κ2) is 5.75. The Morgan fingerprint density at radius 1 is 1.14 bits per heavy atom. The highest BCUT2D eigenvalue weighted by molar-refractivity contribution is 5.79. The van der Waals surface area contributed by atoms with Gasteiger partial charge in [0.1, 0.15) is 5.65 Å². The van der Waals surface area contributed by atoms with Gasteiger partial charge in [-0.25, -0.2) is 4.98 Å². The van der Waals surface area contributed by atoms with Gasteiger partial charge in [-0.2, -0.15) is 0 Å². The number of methoxy groups -OCH3 is 2. The second-order valence-corrected chi connectivity index (χ2v) is 4.64. The van der Waals surface area contributed by atoms with Crippen LogP contribution in [0.1, 0.15) is 5.56 Å². The number of H-pyrrole nitrogens is 1. The van der Waals surface area contributed by atoms with Crippen LogP contribution in [0, 0.1) is 0 Å². The normalized spacial score (nSPS) is 10.6. The third-order valence-corrected chi connectivity index (χ3v) is 3.40. The maximum absolute atomic E-state index is 5.30. The molecular formula is C16H17N3O2. The Morgan fingerprint density at radius 2 is 2.00 bits per heavy atom. The molecule has 0 saturated heterocycles. The molecule has 0 amide bonds. The quantitative estimate of drug-likeness (QED) is 0.755. The zero-order chi connectivity index (χ0) is 14.7. The van der Waals surface area contributed by atoms with E-state index < -0.39 is 0 Å². The molecule has 0 spiro atoms. The number of pyridine rings is 1. The molecule has 0 aliphatic rings. The van der Waals surface area contributed by atoms with E-state index >= 15 is 0 Å². The topological polar surface area (TPSA) is 59.2 Å². The minimum Gasteiger partial charge on any atom is -0.493 e. The minimum absolute atomic E-state index is 0.710. The Bertz CT molecular complexity index is 752. The molecule has 0 bridgehead atoms. The maximum atomic E-state index is 5.30. The Balaban J connectivity index is 1.78. The van der Waals surface area contributed by atoms with E-state index in [9.17, 15) is 0 Å². The summed E-state index contributed by atoms with van der Waals surface area (Å²) in [5.74, 6) is 1.43. The van der Waals surface area contributed by atoms with E-state index in [0.717, 1.165) is 22.5 Å². The summed E-state index contributed by atoms with van der Waals surface area (Å²) in [6.45, 7) is 0.710. The summed E-state index contributed by atoms with van der Waals surface area (Å²) in [6, 6.07) is 9.78.